The zero-order chi connectivity index (χ0) is 24.2. The molecule has 0 atom stereocenters. The second-order valence-corrected chi connectivity index (χ2v) is 9.49. The monoisotopic (exact) mass is 483 g/mol. The van der Waals surface area contributed by atoms with Crippen molar-refractivity contribution in [3.8, 4) is 0 Å². The van der Waals surface area contributed by atoms with Crippen LogP contribution in [0.2, 0.25) is 0 Å². The number of carbonyl (C=O) groups is 3. The van der Waals surface area contributed by atoms with E-state index in [0.717, 1.165) is 36.0 Å². The number of nitrogens with zero attached hydrogens (tertiary/aromatic N) is 3. The van der Waals surface area contributed by atoms with Gasteiger partial charge in [0, 0.05) is 37.4 Å². The van der Waals surface area contributed by atoms with E-state index in [4.69, 9.17) is 0 Å². The molecule has 35 heavy (non-hydrogen) atoms. The Hall–Kier alpha value is -3.84. The molecule has 0 aromatic heterocycles. The number of hydrogen-bond acceptors (Lipinski definition) is 5. The van der Waals surface area contributed by atoms with Gasteiger partial charge in [-0.15, -0.1) is 0 Å². The summed E-state index contributed by atoms with van der Waals surface area (Å²) in [7, 11) is 0. The van der Waals surface area contributed by atoms with Crippen LogP contribution in [0.3, 0.4) is 0 Å². The molecule has 2 heterocycles. The minimum absolute atomic E-state index is 0.0230. The van der Waals surface area contributed by atoms with E-state index in [1.807, 2.05) is 65.6 Å². The molecule has 0 saturated carbocycles. The van der Waals surface area contributed by atoms with Crippen molar-refractivity contribution in [2.45, 2.75) is 6.54 Å². The number of carbonyl (C=O) groups excluding carboxylic acids is 3. The predicted octanol–water partition coefficient (Wildman–Crippen LogP) is 4.89. The second-order valence-electron chi connectivity index (χ2n) is 8.49. The van der Waals surface area contributed by atoms with E-state index in [2.05, 4.69) is 17.0 Å². The quantitative estimate of drug-likeness (QED) is 0.484. The smallest absolute Gasteiger partial charge is 0.293 e. The zero-order valence-corrected chi connectivity index (χ0v) is 20.0. The van der Waals surface area contributed by atoms with Gasteiger partial charge in [-0.25, -0.2) is 0 Å². The lowest BCUT2D eigenvalue weighted by atomic mass is 10.1. The van der Waals surface area contributed by atoms with Crippen molar-refractivity contribution >= 4 is 40.6 Å². The third kappa shape index (κ3) is 5.15. The normalized spacial score (nSPS) is 17.4. The molecule has 3 aromatic carbocycles. The topological polar surface area (TPSA) is 60.9 Å². The van der Waals surface area contributed by atoms with Gasteiger partial charge in [0.05, 0.1) is 11.4 Å². The molecular weight excluding hydrogens is 458 g/mol. The number of hydrogen-bond donors (Lipinski definition) is 0. The minimum Gasteiger partial charge on any atom is -0.368 e. The molecule has 2 saturated heterocycles. The molecule has 3 aromatic rings. The lowest BCUT2D eigenvalue weighted by Gasteiger charge is -2.36. The molecule has 0 aliphatic carbocycles. The molecule has 0 unspecified atom stereocenters. The predicted molar refractivity (Wildman–Crippen MR) is 139 cm³/mol. The number of rotatable bonds is 5. The molecule has 0 radical (unpaired) electrons. The molecule has 0 N–H and O–H groups in total. The first-order chi connectivity index (χ1) is 17.1. The number of thioether (sulfide) groups is 1. The van der Waals surface area contributed by atoms with Gasteiger partial charge in [0.2, 0.25) is 0 Å². The maximum atomic E-state index is 13.2. The molecule has 3 amide bonds. The summed E-state index contributed by atoms with van der Waals surface area (Å²) in [4.78, 5) is 44.3. The van der Waals surface area contributed by atoms with Gasteiger partial charge in [0.15, 0.2) is 0 Å². The van der Waals surface area contributed by atoms with E-state index in [1.54, 1.807) is 18.2 Å². The highest BCUT2D eigenvalue weighted by Crippen LogP contribution is 2.33. The Morgan fingerprint density at radius 1 is 0.829 bits per heavy atom. The minimum atomic E-state index is -0.308. The molecule has 2 aliphatic heterocycles. The number of anilines is 1. The van der Waals surface area contributed by atoms with Crippen LogP contribution in [-0.2, 0) is 11.3 Å². The molecule has 6 nitrogen and oxygen atoms in total. The summed E-state index contributed by atoms with van der Waals surface area (Å²) in [5.74, 6) is -0.331. The molecule has 7 heteroatoms. The van der Waals surface area contributed by atoms with Crippen molar-refractivity contribution in [2.24, 2.45) is 0 Å². The summed E-state index contributed by atoms with van der Waals surface area (Å²) < 4.78 is 0. The molecule has 0 bridgehead atoms. The SMILES string of the molecule is O=C(c1cccc(C=C2SC(=O)N(Cc3ccccc3)C2=O)c1)N1CCN(c2ccccc2)CC1. The Morgan fingerprint density at radius 3 is 2.23 bits per heavy atom. The van der Waals surface area contributed by atoms with Crippen LogP contribution < -0.4 is 4.90 Å². The van der Waals surface area contributed by atoms with Gasteiger partial charge in [-0.2, -0.15) is 0 Å². The molecule has 176 valence electrons. The van der Waals surface area contributed by atoms with Gasteiger partial charge in [-0.1, -0.05) is 60.7 Å². The largest absolute Gasteiger partial charge is 0.368 e. The van der Waals surface area contributed by atoms with E-state index in [1.165, 1.54) is 10.6 Å². The van der Waals surface area contributed by atoms with Gasteiger partial charge in [-0.05, 0) is 53.2 Å². The molecular formula is C28H25N3O3S. The summed E-state index contributed by atoms with van der Waals surface area (Å²) in [5.41, 5.74) is 3.37. The highest BCUT2D eigenvalue weighted by Gasteiger charge is 2.35. The summed E-state index contributed by atoms with van der Waals surface area (Å²) in [6.07, 6.45) is 1.69. The van der Waals surface area contributed by atoms with E-state index in [-0.39, 0.29) is 23.6 Å². The Labute approximate surface area is 208 Å². The van der Waals surface area contributed by atoms with Crippen molar-refractivity contribution in [1.29, 1.82) is 0 Å². The van der Waals surface area contributed by atoms with Crippen molar-refractivity contribution in [3.05, 3.63) is 107 Å². The zero-order valence-electron chi connectivity index (χ0n) is 19.2. The van der Waals surface area contributed by atoms with Crippen molar-refractivity contribution in [1.82, 2.24) is 9.80 Å². The standard InChI is InChI=1S/C28H25N3O3S/c32-26(30-16-14-29(15-17-30)24-12-5-2-6-13-24)23-11-7-10-22(18-23)19-25-27(33)31(28(34)35-25)20-21-8-3-1-4-9-21/h1-13,18-19H,14-17,20H2. The first-order valence-electron chi connectivity index (χ1n) is 11.6. The summed E-state index contributed by atoms with van der Waals surface area (Å²) >= 11 is 0.934. The van der Waals surface area contributed by atoms with Gasteiger partial charge in [0.1, 0.15) is 0 Å². The Balaban J connectivity index is 1.25. The number of para-hydroxylation sites is 1. The highest BCUT2D eigenvalue weighted by atomic mass is 32.2. The van der Waals surface area contributed by atoms with E-state index < -0.39 is 0 Å². The van der Waals surface area contributed by atoms with E-state index >= 15 is 0 Å². The van der Waals surface area contributed by atoms with E-state index in [0.29, 0.717) is 23.6 Å². The fourth-order valence-corrected chi connectivity index (χ4v) is 5.14. The van der Waals surface area contributed by atoms with Crippen LogP contribution in [0.5, 0.6) is 0 Å². The number of piperazine rings is 1. The maximum absolute atomic E-state index is 13.2. The lowest BCUT2D eigenvalue weighted by molar-refractivity contribution is -0.123. The van der Waals surface area contributed by atoms with Crippen LogP contribution in [0.1, 0.15) is 21.5 Å². The third-order valence-corrected chi connectivity index (χ3v) is 7.08. The lowest BCUT2D eigenvalue weighted by Crippen LogP contribution is -2.48. The molecule has 0 spiro atoms. The van der Waals surface area contributed by atoms with Gasteiger partial charge >= 0.3 is 0 Å². The fourth-order valence-electron chi connectivity index (χ4n) is 4.30. The average Bonchev–Trinajstić information content (AvgIpc) is 3.17. The maximum Gasteiger partial charge on any atom is 0.293 e. The Bertz CT molecular complexity index is 1270. The highest BCUT2D eigenvalue weighted by molar-refractivity contribution is 8.18. The third-order valence-electron chi connectivity index (χ3n) is 6.18. The van der Waals surface area contributed by atoms with Crippen LogP contribution in [0.25, 0.3) is 6.08 Å². The van der Waals surface area contributed by atoms with Crippen LogP contribution in [-0.4, -0.2) is 53.0 Å². The first kappa shape index (κ1) is 22.9. The summed E-state index contributed by atoms with van der Waals surface area (Å²) in [6, 6.07) is 26.9. The van der Waals surface area contributed by atoms with Crippen LogP contribution in [0.4, 0.5) is 10.5 Å². The van der Waals surface area contributed by atoms with Crippen molar-refractivity contribution in [3.63, 3.8) is 0 Å². The Kier molecular flexibility index (Phi) is 6.68. The van der Waals surface area contributed by atoms with Crippen LogP contribution in [0.15, 0.2) is 89.8 Å². The van der Waals surface area contributed by atoms with Crippen molar-refractivity contribution < 1.29 is 14.4 Å². The second kappa shape index (κ2) is 10.2. The van der Waals surface area contributed by atoms with Crippen LogP contribution >= 0.6 is 11.8 Å². The number of amides is 3. The number of benzene rings is 3. The van der Waals surface area contributed by atoms with E-state index in [9.17, 15) is 14.4 Å². The van der Waals surface area contributed by atoms with Crippen molar-refractivity contribution in [2.75, 3.05) is 31.1 Å². The number of imide groups is 1. The molecule has 2 aliphatic rings. The Morgan fingerprint density at radius 2 is 1.51 bits per heavy atom. The molecule has 2 fully saturated rings. The first-order valence-corrected chi connectivity index (χ1v) is 12.4. The fraction of sp³-hybridized carbons (Fsp3) is 0.179. The summed E-state index contributed by atoms with van der Waals surface area (Å²) in [6.45, 7) is 3.11. The van der Waals surface area contributed by atoms with Gasteiger partial charge < -0.3 is 9.80 Å². The average molecular weight is 484 g/mol. The summed E-state index contributed by atoms with van der Waals surface area (Å²) in [5, 5.41) is -0.284. The van der Waals surface area contributed by atoms with Gasteiger partial charge in [-0.3, -0.25) is 19.3 Å². The van der Waals surface area contributed by atoms with Crippen LogP contribution in [0, 0.1) is 0 Å². The molecule has 5 rings (SSSR count). The van der Waals surface area contributed by atoms with Gasteiger partial charge in [0.25, 0.3) is 17.1 Å².